The van der Waals surface area contributed by atoms with Crippen molar-refractivity contribution in [1.29, 1.82) is 0 Å². The number of carbonyl (C=O) groups excluding carboxylic acids is 1. The van der Waals surface area contributed by atoms with E-state index in [0.29, 0.717) is 57.0 Å². The van der Waals surface area contributed by atoms with E-state index in [1.54, 1.807) is 29.2 Å². The summed E-state index contributed by atoms with van der Waals surface area (Å²) in [4.78, 5) is 30.0. The van der Waals surface area contributed by atoms with Crippen molar-refractivity contribution in [2.24, 2.45) is 0 Å². The Balaban J connectivity index is 1.35. The van der Waals surface area contributed by atoms with E-state index in [4.69, 9.17) is 44.9 Å². The van der Waals surface area contributed by atoms with Gasteiger partial charge in [-0.05, 0) is 30.3 Å². The van der Waals surface area contributed by atoms with E-state index in [9.17, 15) is 9.59 Å². The van der Waals surface area contributed by atoms with Crippen LogP contribution in [0.4, 0.5) is 0 Å². The van der Waals surface area contributed by atoms with Gasteiger partial charge in [0.1, 0.15) is 15.8 Å². The summed E-state index contributed by atoms with van der Waals surface area (Å²) in [5, 5.41) is 9.82. The zero-order chi connectivity index (χ0) is 23.5. The lowest BCUT2D eigenvalue weighted by molar-refractivity contribution is -0.138. The van der Waals surface area contributed by atoms with Crippen LogP contribution in [0.25, 0.3) is 17.4 Å². The molecule has 2 aliphatic rings. The van der Waals surface area contributed by atoms with E-state index in [-0.39, 0.29) is 12.5 Å². The van der Waals surface area contributed by atoms with Crippen molar-refractivity contribution >= 4 is 69.5 Å². The summed E-state index contributed by atoms with van der Waals surface area (Å²) < 4.78 is 6.40. The lowest BCUT2D eigenvalue weighted by atomic mass is 10.2. The van der Waals surface area contributed by atoms with Crippen LogP contribution in [-0.4, -0.2) is 81.8 Å². The summed E-state index contributed by atoms with van der Waals surface area (Å²) in [5.41, 5.74) is 0.792. The molecule has 1 amide bonds. The number of hydrogen-bond donors (Lipinski definition) is 1. The van der Waals surface area contributed by atoms with Gasteiger partial charge in [0.15, 0.2) is 0 Å². The molecule has 1 aromatic heterocycles. The van der Waals surface area contributed by atoms with Gasteiger partial charge < -0.3 is 9.52 Å². The summed E-state index contributed by atoms with van der Waals surface area (Å²) >= 11 is 18.8. The standard InChI is InChI=1S/C22H21Cl2N3O4S2/c23-16-3-1-14(11-17(16)24)18-4-2-15(31-18)12-19-21(30)27(22(32)33-19)10-9-25-5-7-26(8-6-25)13-20(28)29/h1-4,11-12H,5-10,13H2,(H,28,29). The van der Waals surface area contributed by atoms with E-state index < -0.39 is 5.97 Å². The first-order valence-electron chi connectivity index (χ1n) is 10.3. The first-order chi connectivity index (χ1) is 15.8. The minimum atomic E-state index is -0.812. The fourth-order valence-electron chi connectivity index (χ4n) is 3.66. The number of carboxylic acids is 1. The molecule has 2 aromatic rings. The number of benzene rings is 1. The van der Waals surface area contributed by atoms with Gasteiger partial charge in [0.25, 0.3) is 5.91 Å². The van der Waals surface area contributed by atoms with Crippen molar-refractivity contribution in [3.05, 3.63) is 51.0 Å². The van der Waals surface area contributed by atoms with Gasteiger partial charge in [0.2, 0.25) is 0 Å². The van der Waals surface area contributed by atoms with Gasteiger partial charge in [0, 0.05) is 50.9 Å². The van der Waals surface area contributed by atoms with Crippen LogP contribution >= 0.6 is 47.2 Å². The SMILES string of the molecule is O=C(O)CN1CCN(CCN2C(=O)C(=Cc3ccc(-c4ccc(Cl)c(Cl)c4)o3)SC2=S)CC1. The van der Waals surface area contributed by atoms with Crippen molar-refractivity contribution in [3.8, 4) is 11.3 Å². The number of thiocarbonyl (C=S) groups is 1. The molecule has 174 valence electrons. The van der Waals surface area contributed by atoms with Gasteiger partial charge >= 0.3 is 5.97 Å². The van der Waals surface area contributed by atoms with Crippen LogP contribution in [0.15, 0.2) is 39.7 Å². The second kappa shape index (κ2) is 10.6. The average molecular weight is 526 g/mol. The molecule has 0 aliphatic carbocycles. The number of piperazine rings is 1. The molecule has 1 aromatic carbocycles. The van der Waals surface area contributed by atoms with Gasteiger partial charge in [-0.3, -0.25) is 24.3 Å². The van der Waals surface area contributed by atoms with Crippen LogP contribution in [0.5, 0.6) is 0 Å². The molecule has 0 unspecified atom stereocenters. The van der Waals surface area contributed by atoms with Gasteiger partial charge in [-0.15, -0.1) is 0 Å². The van der Waals surface area contributed by atoms with Crippen molar-refractivity contribution in [1.82, 2.24) is 14.7 Å². The third kappa shape index (κ3) is 5.98. The predicted octanol–water partition coefficient (Wildman–Crippen LogP) is 4.16. The number of halogens is 2. The Kier molecular flexibility index (Phi) is 7.78. The normalized spacial score (nSPS) is 19.1. The van der Waals surface area contributed by atoms with Crippen LogP contribution in [0.1, 0.15) is 5.76 Å². The van der Waals surface area contributed by atoms with Crippen LogP contribution in [0.3, 0.4) is 0 Å². The Morgan fingerprint density at radius 2 is 1.82 bits per heavy atom. The Labute approximate surface area is 210 Å². The zero-order valence-electron chi connectivity index (χ0n) is 17.5. The minimum Gasteiger partial charge on any atom is -0.480 e. The highest BCUT2D eigenvalue weighted by atomic mass is 35.5. The zero-order valence-corrected chi connectivity index (χ0v) is 20.6. The molecule has 2 fully saturated rings. The number of rotatable bonds is 7. The Morgan fingerprint density at radius 3 is 2.52 bits per heavy atom. The van der Waals surface area contributed by atoms with Crippen molar-refractivity contribution in [2.75, 3.05) is 45.8 Å². The number of carbonyl (C=O) groups is 2. The van der Waals surface area contributed by atoms with Crippen molar-refractivity contribution in [2.45, 2.75) is 0 Å². The van der Waals surface area contributed by atoms with E-state index in [2.05, 4.69) is 4.90 Å². The third-order valence-electron chi connectivity index (χ3n) is 5.44. The van der Waals surface area contributed by atoms with E-state index in [0.717, 1.165) is 18.7 Å². The highest BCUT2D eigenvalue weighted by molar-refractivity contribution is 8.26. The quantitative estimate of drug-likeness (QED) is 0.426. The van der Waals surface area contributed by atoms with Gasteiger partial charge in [-0.2, -0.15) is 0 Å². The van der Waals surface area contributed by atoms with Crippen LogP contribution in [-0.2, 0) is 9.59 Å². The first kappa shape index (κ1) is 24.3. The van der Waals surface area contributed by atoms with Gasteiger partial charge in [0.05, 0.1) is 21.5 Å². The summed E-state index contributed by atoms with van der Waals surface area (Å²) in [6.45, 7) is 4.17. The molecule has 0 radical (unpaired) electrons. The molecular formula is C22H21Cl2N3O4S2. The monoisotopic (exact) mass is 525 g/mol. The second-order valence-electron chi connectivity index (χ2n) is 7.68. The molecule has 2 saturated heterocycles. The average Bonchev–Trinajstić information content (AvgIpc) is 3.34. The molecular weight excluding hydrogens is 505 g/mol. The summed E-state index contributed by atoms with van der Waals surface area (Å²) in [6.07, 6.45) is 1.70. The van der Waals surface area contributed by atoms with Gasteiger partial charge in [-0.25, -0.2) is 0 Å². The van der Waals surface area contributed by atoms with Crippen LogP contribution in [0.2, 0.25) is 10.0 Å². The maximum absolute atomic E-state index is 12.9. The first-order valence-corrected chi connectivity index (χ1v) is 12.3. The largest absolute Gasteiger partial charge is 0.480 e. The maximum atomic E-state index is 12.9. The maximum Gasteiger partial charge on any atom is 0.317 e. The lowest BCUT2D eigenvalue weighted by Gasteiger charge is -2.34. The molecule has 1 N–H and O–H groups in total. The summed E-state index contributed by atoms with van der Waals surface area (Å²) in [7, 11) is 0. The second-order valence-corrected chi connectivity index (χ2v) is 10.2. The smallest absolute Gasteiger partial charge is 0.317 e. The number of nitrogens with zero attached hydrogens (tertiary/aromatic N) is 3. The number of hydrogen-bond acceptors (Lipinski definition) is 7. The number of aliphatic carboxylic acids is 1. The summed E-state index contributed by atoms with van der Waals surface area (Å²) in [5.74, 6) is 0.221. The van der Waals surface area contributed by atoms with Crippen molar-refractivity contribution < 1.29 is 19.1 Å². The topological polar surface area (TPSA) is 77.2 Å². The molecule has 11 heteroatoms. The van der Waals surface area contributed by atoms with Crippen LogP contribution < -0.4 is 0 Å². The Hall–Kier alpha value is -1.88. The molecule has 0 bridgehead atoms. The van der Waals surface area contributed by atoms with E-state index >= 15 is 0 Å². The molecule has 0 spiro atoms. The fourth-order valence-corrected chi connectivity index (χ4v) is 5.25. The molecule has 7 nitrogen and oxygen atoms in total. The Morgan fingerprint density at radius 1 is 1.09 bits per heavy atom. The number of amides is 1. The highest BCUT2D eigenvalue weighted by Gasteiger charge is 2.32. The number of thioether (sulfide) groups is 1. The molecule has 3 heterocycles. The number of carboxylic acid groups (broad SMARTS) is 1. The molecule has 0 saturated carbocycles. The van der Waals surface area contributed by atoms with E-state index in [1.165, 1.54) is 11.8 Å². The van der Waals surface area contributed by atoms with Crippen LogP contribution in [0, 0.1) is 0 Å². The van der Waals surface area contributed by atoms with E-state index in [1.807, 2.05) is 17.0 Å². The Bertz CT molecular complexity index is 1110. The molecule has 2 aliphatic heterocycles. The number of furan rings is 1. The predicted molar refractivity (Wildman–Crippen MR) is 135 cm³/mol. The molecule has 0 atom stereocenters. The third-order valence-corrected chi connectivity index (χ3v) is 7.56. The molecule has 4 rings (SSSR count). The molecule has 33 heavy (non-hydrogen) atoms. The van der Waals surface area contributed by atoms with Crippen molar-refractivity contribution in [3.63, 3.8) is 0 Å². The fraction of sp³-hybridized carbons (Fsp3) is 0.318. The minimum absolute atomic E-state index is 0.0624. The lowest BCUT2D eigenvalue weighted by Crippen LogP contribution is -2.49. The highest BCUT2D eigenvalue weighted by Crippen LogP contribution is 2.34. The summed E-state index contributed by atoms with van der Waals surface area (Å²) in [6, 6.07) is 8.86. The van der Waals surface area contributed by atoms with Gasteiger partial charge in [-0.1, -0.05) is 47.2 Å².